The number of aromatic nitrogens is 2. The van der Waals surface area contributed by atoms with Crippen LogP contribution >= 0.6 is 0 Å². The molecule has 2 aromatic carbocycles. The highest BCUT2D eigenvalue weighted by molar-refractivity contribution is 5.79. The quantitative estimate of drug-likeness (QED) is 0.775. The van der Waals surface area contributed by atoms with Gasteiger partial charge in [0.1, 0.15) is 5.75 Å². The maximum absolute atomic E-state index is 5.37. The number of aryl methyl sites for hydroxylation is 1. The Morgan fingerprint density at radius 3 is 2.86 bits per heavy atom. The number of methoxy groups -OCH3 is 1. The highest BCUT2D eigenvalue weighted by atomic mass is 16.5. The first-order chi connectivity index (χ1) is 10.3. The average Bonchev–Trinajstić information content (AvgIpc) is 2.95. The molecule has 1 aromatic heterocycles. The maximum atomic E-state index is 5.37. The maximum Gasteiger partial charge on any atom is 0.123 e. The van der Waals surface area contributed by atoms with Crippen LogP contribution in [0.1, 0.15) is 12.5 Å². The number of hydrogen-bond donors (Lipinski definition) is 1. The Labute approximate surface area is 124 Å². The zero-order chi connectivity index (χ0) is 14.7. The number of nitrogens with one attached hydrogen (secondary N) is 1. The Hall–Kier alpha value is -2.49. The zero-order valence-corrected chi connectivity index (χ0v) is 12.3. The number of nitrogens with zero attached hydrogens (tertiary/aromatic N) is 2. The van der Waals surface area contributed by atoms with Gasteiger partial charge in [-0.3, -0.25) is 0 Å². The first-order valence-corrected chi connectivity index (χ1v) is 7.12. The monoisotopic (exact) mass is 281 g/mol. The molecule has 0 atom stereocenters. The fraction of sp³-hybridized carbons (Fsp3) is 0.235. The van der Waals surface area contributed by atoms with Gasteiger partial charge in [0, 0.05) is 24.3 Å². The smallest absolute Gasteiger partial charge is 0.123 e. The summed E-state index contributed by atoms with van der Waals surface area (Å²) in [5, 5.41) is 3.43. The van der Waals surface area contributed by atoms with E-state index in [0.717, 1.165) is 35.6 Å². The minimum Gasteiger partial charge on any atom is -0.496 e. The summed E-state index contributed by atoms with van der Waals surface area (Å²) in [4.78, 5) is 4.44. The first-order valence-electron chi connectivity index (χ1n) is 7.12. The number of benzene rings is 2. The lowest BCUT2D eigenvalue weighted by Crippen LogP contribution is -2.01. The van der Waals surface area contributed by atoms with Crippen LogP contribution in [0.15, 0.2) is 48.8 Å². The van der Waals surface area contributed by atoms with Gasteiger partial charge in [-0.15, -0.1) is 0 Å². The number of para-hydroxylation sites is 1. The Morgan fingerprint density at radius 1 is 1.19 bits per heavy atom. The van der Waals surface area contributed by atoms with Crippen molar-refractivity contribution >= 4 is 16.7 Å². The third-order valence-corrected chi connectivity index (χ3v) is 3.64. The topological polar surface area (TPSA) is 39.1 Å². The molecule has 0 aliphatic rings. The van der Waals surface area contributed by atoms with Crippen molar-refractivity contribution in [1.82, 2.24) is 9.55 Å². The van der Waals surface area contributed by atoms with E-state index in [4.69, 9.17) is 4.74 Å². The van der Waals surface area contributed by atoms with Crippen LogP contribution in [0.25, 0.3) is 11.0 Å². The van der Waals surface area contributed by atoms with E-state index in [1.807, 2.05) is 24.5 Å². The van der Waals surface area contributed by atoms with Crippen molar-refractivity contribution in [1.29, 1.82) is 0 Å². The summed E-state index contributed by atoms with van der Waals surface area (Å²) in [7, 11) is 1.70. The van der Waals surface area contributed by atoms with Crippen molar-refractivity contribution in [2.75, 3.05) is 12.4 Å². The summed E-state index contributed by atoms with van der Waals surface area (Å²) < 4.78 is 7.50. The highest BCUT2D eigenvalue weighted by Crippen LogP contribution is 2.21. The molecule has 0 saturated carbocycles. The van der Waals surface area contributed by atoms with E-state index in [9.17, 15) is 0 Å². The van der Waals surface area contributed by atoms with Gasteiger partial charge in [-0.1, -0.05) is 18.2 Å². The van der Waals surface area contributed by atoms with Gasteiger partial charge < -0.3 is 14.6 Å². The molecular formula is C17H19N3O. The van der Waals surface area contributed by atoms with Crippen molar-refractivity contribution in [3.05, 3.63) is 54.4 Å². The molecule has 3 rings (SSSR count). The molecule has 1 heterocycles. The van der Waals surface area contributed by atoms with Crippen LogP contribution in [0.4, 0.5) is 5.69 Å². The Morgan fingerprint density at radius 2 is 2.05 bits per heavy atom. The van der Waals surface area contributed by atoms with E-state index in [0.29, 0.717) is 0 Å². The van der Waals surface area contributed by atoms with Gasteiger partial charge in [0.2, 0.25) is 0 Å². The molecule has 3 aromatic rings. The lowest BCUT2D eigenvalue weighted by molar-refractivity contribution is 0.410. The minimum atomic E-state index is 0.726. The highest BCUT2D eigenvalue weighted by Gasteiger charge is 2.04. The molecule has 0 bridgehead atoms. The largest absolute Gasteiger partial charge is 0.496 e. The third-order valence-electron chi connectivity index (χ3n) is 3.64. The standard InChI is InChI=1S/C17H19N3O/c1-3-20-12-19-15-10-14(8-9-16(15)20)18-11-13-6-4-5-7-17(13)21-2/h4-10,12,18H,3,11H2,1-2H3. The average molecular weight is 281 g/mol. The first kappa shape index (κ1) is 13.5. The molecular weight excluding hydrogens is 262 g/mol. The molecule has 108 valence electrons. The molecule has 0 amide bonds. The molecule has 21 heavy (non-hydrogen) atoms. The van der Waals surface area contributed by atoms with E-state index < -0.39 is 0 Å². The van der Waals surface area contributed by atoms with Crippen LogP contribution in [0.2, 0.25) is 0 Å². The molecule has 0 fully saturated rings. The van der Waals surface area contributed by atoms with Gasteiger partial charge in [-0.05, 0) is 31.2 Å². The van der Waals surface area contributed by atoms with Crippen LogP contribution in [0.5, 0.6) is 5.75 Å². The number of rotatable bonds is 5. The molecule has 0 aliphatic carbocycles. The molecule has 0 radical (unpaired) electrons. The third kappa shape index (κ3) is 2.70. The minimum absolute atomic E-state index is 0.726. The van der Waals surface area contributed by atoms with Crippen molar-refractivity contribution in [2.45, 2.75) is 20.0 Å². The van der Waals surface area contributed by atoms with Crippen molar-refractivity contribution in [3.63, 3.8) is 0 Å². The molecule has 0 spiro atoms. The molecule has 0 saturated heterocycles. The summed E-state index contributed by atoms with van der Waals surface area (Å²) in [5.74, 6) is 0.904. The predicted octanol–water partition coefficient (Wildman–Crippen LogP) is 3.68. The second-order valence-corrected chi connectivity index (χ2v) is 4.90. The predicted molar refractivity (Wildman–Crippen MR) is 85.7 cm³/mol. The summed E-state index contributed by atoms with van der Waals surface area (Å²) in [6.07, 6.45) is 1.88. The summed E-state index contributed by atoms with van der Waals surface area (Å²) in [6, 6.07) is 14.3. The van der Waals surface area contributed by atoms with Crippen molar-refractivity contribution < 1.29 is 4.74 Å². The number of anilines is 1. The van der Waals surface area contributed by atoms with E-state index in [1.54, 1.807) is 7.11 Å². The fourth-order valence-electron chi connectivity index (χ4n) is 2.47. The van der Waals surface area contributed by atoms with Crippen LogP contribution in [-0.4, -0.2) is 16.7 Å². The Bertz CT molecular complexity index is 749. The van der Waals surface area contributed by atoms with Gasteiger partial charge in [0.15, 0.2) is 0 Å². The number of hydrogen-bond acceptors (Lipinski definition) is 3. The molecule has 4 nitrogen and oxygen atoms in total. The van der Waals surface area contributed by atoms with Gasteiger partial charge in [0.25, 0.3) is 0 Å². The van der Waals surface area contributed by atoms with Gasteiger partial charge >= 0.3 is 0 Å². The number of fused-ring (bicyclic) bond motifs is 1. The van der Waals surface area contributed by atoms with E-state index in [-0.39, 0.29) is 0 Å². The number of imidazole rings is 1. The number of ether oxygens (including phenoxy) is 1. The zero-order valence-electron chi connectivity index (χ0n) is 12.3. The van der Waals surface area contributed by atoms with Gasteiger partial charge in [0.05, 0.1) is 24.5 Å². The SMILES string of the molecule is CCn1cnc2cc(NCc3ccccc3OC)ccc21. The molecule has 0 unspecified atom stereocenters. The van der Waals surface area contributed by atoms with Gasteiger partial charge in [-0.2, -0.15) is 0 Å². The van der Waals surface area contributed by atoms with Gasteiger partial charge in [-0.25, -0.2) is 4.98 Å². The lowest BCUT2D eigenvalue weighted by Gasteiger charge is -2.10. The van der Waals surface area contributed by atoms with Crippen LogP contribution in [0, 0.1) is 0 Å². The second-order valence-electron chi connectivity index (χ2n) is 4.90. The van der Waals surface area contributed by atoms with Crippen molar-refractivity contribution in [3.8, 4) is 5.75 Å². The van der Waals surface area contributed by atoms with E-state index >= 15 is 0 Å². The van der Waals surface area contributed by atoms with Crippen LogP contribution < -0.4 is 10.1 Å². The van der Waals surface area contributed by atoms with Crippen molar-refractivity contribution in [2.24, 2.45) is 0 Å². The summed E-state index contributed by atoms with van der Waals surface area (Å²) in [6.45, 7) is 3.78. The second kappa shape index (κ2) is 5.87. The van der Waals surface area contributed by atoms with E-state index in [1.165, 1.54) is 5.52 Å². The molecule has 1 N–H and O–H groups in total. The van der Waals surface area contributed by atoms with E-state index in [2.05, 4.69) is 46.1 Å². The summed E-state index contributed by atoms with van der Waals surface area (Å²) >= 11 is 0. The normalized spacial score (nSPS) is 10.8. The Balaban J connectivity index is 1.79. The van der Waals surface area contributed by atoms with Crippen LogP contribution in [-0.2, 0) is 13.1 Å². The summed E-state index contributed by atoms with van der Waals surface area (Å²) in [5.41, 5.74) is 4.39. The lowest BCUT2D eigenvalue weighted by atomic mass is 10.2. The van der Waals surface area contributed by atoms with Crippen LogP contribution in [0.3, 0.4) is 0 Å². The molecule has 0 aliphatic heterocycles. The fourth-order valence-corrected chi connectivity index (χ4v) is 2.47. The Kier molecular flexibility index (Phi) is 3.77. The molecule has 4 heteroatoms.